The minimum absolute atomic E-state index is 0.475. The van der Waals surface area contributed by atoms with Crippen molar-refractivity contribution in [1.29, 1.82) is 0 Å². The molecule has 0 radical (unpaired) electrons. The predicted octanol–water partition coefficient (Wildman–Crippen LogP) is 3.82. The van der Waals surface area contributed by atoms with Gasteiger partial charge in [-0.25, -0.2) is 0 Å². The Morgan fingerprint density at radius 3 is 0.938 bits per heavy atom. The minimum Gasteiger partial charge on any atom is -0.300 e. The Hall–Kier alpha value is -0.660. The van der Waals surface area contributed by atoms with E-state index in [9.17, 15) is 9.59 Å². The van der Waals surface area contributed by atoms with E-state index < -0.39 is 0 Å². The zero-order chi connectivity index (χ0) is 11.6. The molecule has 0 saturated heterocycles. The lowest BCUT2D eigenvalue weighted by Gasteiger charge is -1.87. The second kappa shape index (κ2) is 8.49. The molecule has 2 nitrogen and oxygen atoms in total. The van der Waals surface area contributed by atoms with Crippen LogP contribution in [0, 0.1) is 0 Å². The molecule has 0 spiro atoms. The molecule has 2 heteroatoms. The second-order valence-electron chi connectivity index (χ2n) is 4.91. The van der Waals surface area contributed by atoms with Crippen molar-refractivity contribution in [3.05, 3.63) is 0 Å². The number of carbonyl (C=O) groups excluding carboxylic acids is 2. The first-order valence-corrected chi connectivity index (χ1v) is 6.82. The minimum atomic E-state index is 0.475. The summed E-state index contributed by atoms with van der Waals surface area (Å²) >= 11 is 0. The molecule has 16 heavy (non-hydrogen) atoms. The Morgan fingerprint density at radius 1 is 0.438 bits per heavy atom. The highest BCUT2D eigenvalue weighted by atomic mass is 16.1. The van der Waals surface area contributed by atoms with Gasteiger partial charge in [-0.2, -0.15) is 0 Å². The van der Waals surface area contributed by atoms with Gasteiger partial charge in [0, 0.05) is 25.7 Å². The maximum Gasteiger partial charge on any atom is 0.132 e. The summed E-state index contributed by atoms with van der Waals surface area (Å²) < 4.78 is 0. The maximum atomic E-state index is 10.7. The van der Waals surface area contributed by atoms with E-state index >= 15 is 0 Å². The summed E-state index contributed by atoms with van der Waals surface area (Å²) in [4.78, 5) is 21.4. The smallest absolute Gasteiger partial charge is 0.132 e. The molecule has 0 aromatic heterocycles. The van der Waals surface area contributed by atoms with Gasteiger partial charge in [-0.05, 0) is 25.7 Å². The molecule has 0 N–H and O–H groups in total. The van der Waals surface area contributed by atoms with Crippen molar-refractivity contribution in [2.45, 2.75) is 77.0 Å². The molecule has 0 unspecified atom stereocenters. The van der Waals surface area contributed by atoms with Crippen LogP contribution in [0.5, 0.6) is 0 Å². The number of carbonyl (C=O) groups is 2. The summed E-state index contributed by atoms with van der Waals surface area (Å²) in [5.41, 5.74) is 0. The van der Waals surface area contributed by atoms with Crippen molar-refractivity contribution in [2.75, 3.05) is 0 Å². The number of hydrogen-bond acceptors (Lipinski definition) is 2. The molecule has 0 aromatic carbocycles. The first-order valence-electron chi connectivity index (χ1n) is 6.82. The Balaban J connectivity index is 0.000000160. The fourth-order valence-corrected chi connectivity index (χ4v) is 2.25. The zero-order valence-electron chi connectivity index (χ0n) is 10.3. The van der Waals surface area contributed by atoms with E-state index in [1.165, 1.54) is 25.7 Å². The first kappa shape index (κ1) is 13.4. The summed E-state index contributed by atoms with van der Waals surface area (Å²) in [5.74, 6) is 0.949. The van der Waals surface area contributed by atoms with Gasteiger partial charge < -0.3 is 0 Å². The van der Waals surface area contributed by atoms with Crippen molar-refractivity contribution in [2.24, 2.45) is 0 Å². The molecule has 2 aliphatic rings. The molecule has 2 aliphatic carbocycles. The SMILES string of the molecule is O=C1CCCCCC1.O=C1CCCCCC1. The Morgan fingerprint density at radius 2 is 0.688 bits per heavy atom. The van der Waals surface area contributed by atoms with Crippen molar-refractivity contribution in [1.82, 2.24) is 0 Å². The first-order chi connectivity index (χ1) is 7.79. The van der Waals surface area contributed by atoms with Gasteiger partial charge in [0.05, 0.1) is 0 Å². The fourth-order valence-electron chi connectivity index (χ4n) is 2.25. The van der Waals surface area contributed by atoms with Crippen LogP contribution >= 0.6 is 0 Å². The third-order valence-electron chi connectivity index (χ3n) is 3.32. The van der Waals surface area contributed by atoms with Gasteiger partial charge in [0.25, 0.3) is 0 Å². The summed E-state index contributed by atoms with van der Waals surface area (Å²) in [7, 11) is 0. The number of hydrogen-bond donors (Lipinski definition) is 0. The van der Waals surface area contributed by atoms with E-state index in [-0.39, 0.29) is 0 Å². The summed E-state index contributed by atoms with van der Waals surface area (Å²) in [6, 6.07) is 0. The molecule has 2 rings (SSSR count). The third-order valence-corrected chi connectivity index (χ3v) is 3.32. The molecule has 0 aromatic rings. The highest BCUT2D eigenvalue weighted by Gasteiger charge is 2.05. The van der Waals surface area contributed by atoms with Crippen molar-refractivity contribution in [3.8, 4) is 0 Å². The number of ketones is 2. The van der Waals surface area contributed by atoms with Crippen LogP contribution in [0.4, 0.5) is 0 Å². The lowest BCUT2D eigenvalue weighted by molar-refractivity contribution is -0.119. The van der Waals surface area contributed by atoms with Crippen LogP contribution < -0.4 is 0 Å². The second-order valence-corrected chi connectivity index (χ2v) is 4.91. The zero-order valence-corrected chi connectivity index (χ0v) is 10.3. The molecule has 92 valence electrons. The average molecular weight is 224 g/mol. The van der Waals surface area contributed by atoms with Gasteiger partial charge in [0.1, 0.15) is 11.6 Å². The van der Waals surface area contributed by atoms with Gasteiger partial charge in [-0.1, -0.05) is 25.7 Å². The predicted molar refractivity (Wildman–Crippen MR) is 65.4 cm³/mol. The van der Waals surface area contributed by atoms with Crippen LogP contribution in [0.2, 0.25) is 0 Å². The summed E-state index contributed by atoms with van der Waals surface area (Å²) in [5, 5.41) is 0. The van der Waals surface area contributed by atoms with Crippen molar-refractivity contribution >= 4 is 11.6 Å². The largest absolute Gasteiger partial charge is 0.300 e. The van der Waals surface area contributed by atoms with E-state index in [4.69, 9.17) is 0 Å². The maximum absolute atomic E-state index is 10.7. The van der Waals surface area contributed by atoms with Crippen LogP contribution in [-0.4, -0.2) is 11.6 Å². The highest BCUT2D eigenvalue weighted by molar-refractivity contribution is 5.78. The molecule has 0 bridgehead atoms. The molecule has 2 saturated carbocycles. The number of Topliss-reactive ketones (excluding diaryl/α,β-unsaturated/α-hetero) is 2. The molecule has 0 atom stereocenters. The van der Waals surface area contributed by atoms with Crippen LogP contribution in [0.3, 0.4) is 0 Å². The van der Waals surface area contributed by atoms with Gasteiger partial charge in [-0.15, -0.1) is 0 Å². The van der Waals surface area contributed by atoms with E-state index in [1.54, 1.807) is 0 Å². The summed E-state index contributed by atoms with van der Waals surface area (Å²) in [6.07, 6.45) is 13.0. The van der Waals surface area contributed by atoms with Crippen LogP contribution in [0.1, 0.15) is 77.0 Å². The average Bonchev–Trinajstić information content (AvgIpc) is 2.64. The van der Waals surface area contributed by atoms with E-state index in [0.717, 1.165) is 51.4 Å². The molecule has 0 heterocycles. The van der Waals surface area contributed by atoms with Gasteiger partial charge >= 0.3 is 0 Å². The Bertz CT molecular complexity index is 177. The van der Waals surface area contributed by atoms with Crippen molar-refractivity contribution < 1.29 is 9.59 Å². The van der Waals surface area contributed by atoms with Crippen molar-refractivity contribution in [3.63, 3.8) is 0 Å². The quantitative estimate of drug-likeness (QED) is 0.586. The van der Waals surface area contributed by atoms with Gasteiger partial charge in [0.15, 0.2) is 0 Å². The molecular weight excluding hydrogens is 200 g/mol. The van der Waals surface area contributed by atoms with Crippen LogP contribution in [0.25, 0.3) is 0 Å². The standard InChI is InChI=1S/2C7H12O/c2*8-7-5-3-1-2-4-6-7/h2*1-6H2. The van der Waals surface area contributed by atoms with E-state index in [1.807, 2.05) is 0 Å². The monoisotopic (exact) mass is 224 g/mol. The lowest BCUT2D eigenvalue weighted by atomic mass is 10.2. The fraction of sp³-hybridized carbons (Fsp3) is 0.857. The number of rotatable bonds is 0. The lowest BCUT2D eigenvalue weighted by Crippen LogP contribution is -1.91. The third kappa shape index (κ3) is 6.76. The summed E-state index contributed by atoms with van der Waals surface area (Å²) in [6.45, 7) is 0. The van der Waals surface area contributed by atoms with Crippen LogP contribution in [-0.2, 0) is 9.59 Å². The molecule has 0 amide bonds. The van der Waals surface area contributed by atoms with E-state index in [2.05, 4.69) is 0 Å². The van der Waals surface area contributed by atoms with E-state index in [0.29, 0.717) is 11.6 Å². The highest BCUT2D eigenvalue weighted by Crippen LogP contribution is 2.13. The molecule has 0 aliphatic heterocycles. The van der Waals surface area contributed by atoms with Gasteiger partial charge in [-0.3, -0.25) is 9.59 Å². The molecule has 2 fully saturated rings. The topological polar surface area (TPSA) is 34.1 Å². The van der Waals surface area contributed by atoms with Gasteiger partial charge in [0.2, 0.25) is 0 Å². The Labute approximate surface area is 98.8 Å². The Kier molecular flexibility index (Phi) is 7.11. The van der Waals surface area contributed by atoms with Crippen LogP contribution in [0.15, 0.2) is 0 Å². The normalized spacial score (nSPS) is 22.8. The molecular formula is C14H24O2.